The Morgan fingerprint density at radius 3 is 2.78 bits per heavy atom. The highest BCUT2D eigenvalue weighted by molar-refractivity contribution is 7.19. The number of ether oxygens (including phenoxy) is 1. The maximum absolute atomic E-state index is 10.7. The molecule has 1 aromatic heterocycles. The van der Waals surface area contributed by atoms with E-state index in [-0.39, 0.29) is 0 Å². The summed E-state index contributed by atoms with van der Waals surface area (Å²) in [6.07, 6.45) is 3.96. The molecule has 3 atom stereocenters. The summed E-state index contributed by atoms with van der Waals surface area (Å²) in [5.74, 6) is 0.616. The largest absolute Gasteiger partial charge is 0.490 e. The molecular formula is C30H38N2O4S. The molecule has 0 spiro atoms. The maximum atomic E-state index is 10.7. The molecule has 0 bridgehead atoms. The average Bonchev–Trinajstić information content (AvgIpc) is 3.27. The molecule has 0 saturated carbocycles. The Balaban J connectivity index is 0.000000747. The number of likely N-dealkylation sites (tertiary alicyclic amines) is 1. The molecule has 2 unspecified atom stereocenters. The number of aryl methyl sites for hydroxylation is 1. The summed E-state index contributed by atoms with van der Waals surface area (Å²) in [5, 5.41) is 23.0. The van der Waals surface area contributed by atoms with Gasteiger partial charge in [-0.05, 0) is 87.4 Å². The molecule has 6 nitrogen and oxygen atoms in total. The Morgan fingerprint density at radius 1 is 1.24 bits per heavy atom. The molecule has 0 radical (unpaired) electrons. The van der Waals surface area contributed by atoms with Crippen molar-refractivity contribution in [2.45, 2.75) is 58.6 Å². The first-order valence-electron chi connectivity index (χ1n) is 13.0. The highest BCUT2D eigenvalue weighted by Gasteiger charge is 2.29. The van der Waals surface area contributed by atoms with E-state index < -0.39 is 12.1 Å². The van der Waals surface area contributed by atoms with Crippen molar-refractivity contribution in [3.05, 3.63) is 64.0 Å². The van der Waals surface area contributed by atoms with Crippen molar-refractivity contribution < 1.29 is 19.7 Å². The van der Waals surface area contributed by atoms with Gasteiger partial charge in [-0.25, -0.2) is 0 Å². The number of nitrogens with one attached hydrogen (secondary N) is 1. The van der Waals surface area contributed by atoms with Gasteiger partial charge in [0.2, 0.25) is 0 Å². The summed E-state index contributed by atoms with van der Waals surface area (Å²) in [5.41, 5.74) is 4.79. The van der Waals surface area contributed by atoms with E-state index in [1.165, 1.54) is 26.1 Å². The summed E-state index contributed by atoms with van der Waals surface area (Å²) in [6.45, 7) is 10.5. The molecule has 3 heterocycles. The zero-order valence-corrected chi connectivity index (χ0v) is 23.0. The number of benzene rings is 2. The van der Waals surface area contributed by atoms with Gasteiger partial charge >= 0.3 is 0 Å². The molecular weight excluding hydrogens is 484 g/mol. The number of fused-ring (bicyclic) bond motifs is 2. The van der Waals surface area contributed by atoms with E-state index >= 15 is 0 Å². The third kappa shape index (κ3) is 7.12. The van der Waals surface area contributed by atoms with Gasteiger partial charge < -0.3 is 20.3 Å². The van der Waals surface area contributed by atoms with E-state index in [2.05, 4.69) is 67.4 Å². The van der Waals surface area contributed by atoms with Crippen molar-refractivity contribution in [2.75, 3.05) is 31.6 Å². The number of piperidine rings is 1. The minimum atomic E-state index is -0.833. The number of carbonyl (C=O) groups is 1. The summed E-state index contributed by atoms with van der Waals surface area (Å²) in [4.78, 5) is 12.9. The average molecular weight is 523 g/mol. The summed E-state index contributed by atoms with van der Waals surface area (Å²) >= 11 is 1.95. The van der Waals surface area contributed by atoms with Crippen LogP contribution in [0.25, 0.3) is 16.2 Å². The molecule has 2 aliphatic rings. The maximum Gasteiger partial charge on any atom is 0.300 e. The molecule has 2 aliphatic heterocycles. The van der Waals surface area contributed by atoms with E-state index in [0.29, 0.717) is 25.1 Å². The molecule has 5 rings (SSSR count). The van der Waals surface area contributed by atoms with Crippen molar-refractivity contribution in [3.63, 3.8) is 0 Å². The van der Waals surface area contributed by atoms with Gasteiger partial charge in [-0.3, -0.25) is 9.69 Å². The van der Waals surface area contributed by atoms with Gasteiger partial charge in [0, 0.05) is 46.9 Å². The predicted octanol–water partition coefficient (Wildman–Crippen LogP) is 6.14. The molecule has 2 aromatic carbocycles. The van der Waals surface area contributed by atoms with E-state index in [9.17, 15) is 5.11 Å². The minimum Gasteiger partial charge on any atom is -0.490 e. The Kier molecular flexibility index (Phi) is 8.90. The lowest BCUT2D eigenvalue weighted by Crippen LogP contribution is -2.45. The lowest BCUT2D eigenvalue weighted by atomic mass is 9.90. The molecule has 37 heavy (non-hydrogen) atoms. The fourth-order valence-electron chi connectivity index (χ4n) is 5.12. The fourth-order valence-corrected chi connectivity index (χ4v) is 6.44. The summed E-state index contributed by atoms with van der Waals surface area (Å²) in [6, 6.07) is 15.7. The lowest BCUT2D eigenvalue weighted by molar-refractivity contribution is -0.134. The number of hydrogen-bond acceptors (Lipinski definition) is 6. The highest BCUT2D eigenvalue weighted by Crippen LogP contribution is 2.38. The smallest absolute Gasteiger partial charge is 0.300 e. The SMILES string of the molecule is CC(=O)O.CC1=Cc2c(cccc2OCC(O)CN2CCC(c3cc4ccc(C)cc4s3)C[C@@H]2C)NC1. The van der Waals surface area contributed by atoms with Gasteiger partial charge in [-0.2, -0.15) is 0 Å². The Labute approximate surface area is 223 Å². The number of nitrogens with zero attached hydrogens (tertiary/aromatic N) is 1. The van der Waals surface area contributed by atoms with Crippen molar-refractivity contribution in [3.8, 4) is 5.75 Å². The molecule has 3 N–H and O–H groups in total. The lowest BCUT2D eigenvalue weighted by Gasteiger charge is -2.38. The fraction of sp³-hybridized carbons (Fsp3) is 0.433. The number of aliphatic hydroxyl groups is 1. The minimum absolute atomic E-state index is 0.311. The van der Waals surface area contributed by atoms with Crippen LogP contribution in [0.2, 0.25) is 0 Å². The quantitative estimate of drug-likeness (QED) is 0.361. The van der Waals surface area contributed by atoms with Gasteiger partial charge in [0.1, 0.15) is 18.5 Å². The number of rotatable bonds is 6. The second kappa shape index (κ2) is 12.1. The van der Waals surface area contributed by atoms with E-state index in [4.69, 9.17) is 14.6 Å². The first-order valence-corrected chi connectivity index (χ1v) is 13.8. The topological polar surface area (TPSA) is 82.0 Å². The van der Waals surface area contributed by atoms with Gasteiger partial charge in [0.05, 0.1) is 0 Å². The zero-order chi connectivity index (χ0) is 26.5. The summed E-state index contributed by atoms with van der Waals surface area (Å²) in [7, 11) is 0. The van der Waals surface area contributed by atoms with E-state index in [1.54, 1.807) is 0 Å². The van der Waals surface area contributed by atoms with Gasteiger partial charge in [0.15, 0.2) is 0 Å². The van der Waals surface area contributed by atoms with Crippen LogP contribution in [0.3, 0.4) is 0 Å². The van der Waals surface area contributed by atoms with Crippen LogP contribution in [0, 0.1) is 6.92 Å². The number of thiophene rings is 1. The van der Waals surface area contributed by atoms with Crippen LogP contribution in [-0.4, -0.2) is 59.5 Å². The Bertz CT molecular complexity index is 1260. The second-order valence-electron chi connectivity index (χ2n) is 10.3. The third-order valence-electron chi connectivity index (χ3n) is 7.00. The Hall–Kier alpha value is -2.87. The van der Waals surface area contributed by atoms with Crippen molar-refractivity contribution in [2.24, 2.45) is 0 Å². The van der Waals surface area contributed by atoms with Crippen LogP contribution < -0.4 is 10.1 Å². The number of carboxylic acids is 1. The van der Waals surface area contributed by atoms with Crippen LogP contribution in [0.5, 0.6) is 5.75 Å². The molecule has 7 heteroatoms. The molecule has 0 aliphatic carbocycles. The molecule has 1 saturated heterocycles. The van der Waals surface area contributed by atoms with Gasteiger partial charge in [-0.1, -0.05) is 23.8 Å². The number of β-amino-alcohol motifs (C(OH)–C–C–N with tert-alkyl or cyclic N) is 1. The number of anilines is 1. The predicted molar refractivity (Wildman–Crippen MR) is 153 cm³/mol. The van der Waals surface area contributed by atoms with Crippen LogP contribution >= 0.6 is 11.3 Å². The van der Waals surface area contributed by atoms with E-state index in [0.717, 1.165) is 49.9 Å². The number of aliphatic carboxylic acids is 1. The summed E-state index contributed by atoms with van der Waals surface area (Å²) < 4.78 is 7.46. The first kappa shape index (κ1) is 27.2. The van der Waals surface area contributed by atoms with Crippen molar-refractivity contribution in [1.29, 1.82) is 0 Å². The standard InChI is InChI=1S/C28H34N2O2S.C2H4O2/c1-18-7-8-21-14-28(33-27(21)12-18)22-9-10-30(20(3)13-22)16-23(31)17-32-26-6-4-5-25-24(26)11-19(2)15-29-25;1-2(3)4/h4-8,11-12,14,20,22-23,29,31H,9-10,13,15-17H2,1-3H3;1H3,(H,3,4)/t20-,22?,23?;/m0./s1. The number of hydrogen-bond donors (Lipinski definition) is 3. The molecule has 1 fully saturated rings. The molecule has 3 aromatic rings. The normalized spacial score (nSPS) is 20.2. The molecule has 0 amide bonds. The monoisotopic (exact) mass is 522 g/mol. The van der Waals surface area contributed by atoms with Crippen molar-refractivity contribution >= 4 is 39.2 Å². The number of carboxylic acid groups (broad SMARTS) is 1. The zero-order valence-electron chi connectivity index (χ0n) is 22.2. The number of aliphatic hydroxyl groups excluding tert-OH is 1. The van der Waals surface area contributed by atoms with Gasteiger partial charge in [0.25, 0.3) is 5.97 Å². The van der Waals surface area contributed by atoms with Crippen molar-refractivity contribution in [1.82, 2.24) is 4.90 Å². The van der Waals surface area contributed by atoms with Crippen LogP contribution in [0.15, 0.2) is 48.0 Å². The second-order valence-corrected chi connectivity index (χ2v) is 11.4. The first-order chi connectivity index (χ1) is 17.7. The third-order valence-corrected chi connectivity index (χ3v) is 8.26. The van der Waals surface area contributed by atoms with E-state index in [1.807, 2.05) is 23.5 Å². The van der Waals surface area contributed by atoms with Crippen LogP contribution in [-0.2, 0) is 4.79 Å². The Morgan fingerprint density at radius 2 is 2.03 bits per heavy atom. The van der Waals surface area contributed by atoms with Crippen LogP contribution in [0.1, 0.15) is 55.5 Å². The molecule has 198 valence electrons. The van der Waals surface area contributed by atoms with Gasteiger partial charge in [-0.15, -0.1) is 11.3 Å². The van der Waals surface area contributed by atoms with Crippen LogP contribution in [0.4, 0.5) is 5.69 Å². The highest BCUT2D eigenvalue weighted by atomic mass is 32.1.